The molecule has 9 aromatic rings. The van der Waals surface area contributed by atoms with E-state index in [9.17, 15) is 10.5 Å². The van der Waals surface area contributed by atoms with Gasteiger partial charge in [0.1, 0.15) is 0 Å². The lowest BCUT2D eigenvalue weighted by molar-refractivity contribution is 0.660. The highest BCUT2D eigenvalue weighted by atomic mass is 14.9. The highest BCUT2D eigenvalue weighted by Crippen LogP contribution is 2.52. The number of nitrogens with zero attached hydrogens (tertiary/aromatic N) is 4. The largest absolute Gasteiger partial charge is 0.227 e. The van der Waals surface area contributed by atoms with Crippen LogP contribution in [-0.2, 0) is 10.8 Å². The van der Waals surface area contributed by atoms with Crippen molar-refractivity contribution < 1.29 is 0 Å². The van der Waals surface area contributed by atoms with Crippen LogP contribution in [0, 0.1) is 22.7 Å². The van der Waals surface area contributed by atoms with Crippen molar-refractivity contribution in [3.05, 3.63) is 203 Å². The fourth-order valence-corrected chi connectivity index (χ4v) is 10.0. The first-order valence-corrected chi connectivity index (χ1v) is 21.1. The molecule has 0 atom stereocenters. The number of nitriles is 2. The molecule has 1 aromatic heterocycles. The Morgan fingerprint density at radius 1 is 0.371 bits per heavy atom. The minimum atomic E-state index is -0.187. The third-order valence-electron chi connectivity index (χ3n) is 13.3. The molecule has 8 aromatic carbocycles. The molecule has 0 bridgehead atoms. The molecule has 0 saturated carbocycles. The average Bonchev–Trinajstić information content (AvgIpc) is 3.69. The second kappa shape index (κ2) is 13.8. The van der Waals surface area contributed by atoms with Crippen LogP contribution in [0.3, 0.4) is 0 Å². The highest BCUT2D eigenvalue weighted by molar-refractivity contribution is 6.05. The first kappa shape index (κ1) is 37.1. The quantitative estimate of drug-likeness (QED) is 0.174. The second-order valence-electron chi connectivity index (χ2n) is 17.6. The predicted octanol–water partition coefficient (Wildman–Crippen LogP) is 14.3. The van der Waals surface area contributed by atoms with Gasteiger partial charge >= 0.3 is 0 Å². The number of benzene rings is 8. The standard InChI is InChI=1S/C58H40N4/c1-57(2)50-17-7-5-15-44(50)46-25-23-40(31-52(46)57)43-29-48(41-24-26-47-45-16-6-8-18-51(45)58(3,4)53(47)32-41)55-49(30-43)54(61-56(62-55)42-14-10-12-36(28-42)34-60)38-21-19-37(20-22-38)39-13-9-11-35(27-39)33-59/h5-32H,1-4H3. The Labute approximate surface area is 362 Å². The maximum atomic E-state index is 9.92. The van der Waals surface area contributed by atoms with E-state index in [4.69, 9.17) is 9.97 Å². The molecule has 0 aliphatic heterocycles. The van der Waals surface area contributed by atoms with E-state index < -0.39 is 0 Å². The Kier molecular flexibility index (Phi) is 8.27. The average molecular weight is 793 g/mol. The summed E-state index contributed by atoms with van der Waals surface area (Å²) in [5.74, 6) is 0.551. The van der Waals surface area contributed by atoms with Gasteiger partial charge in [-0.2, -0.15) is 10.5 Å². The molecule has 4 nitrogen and oxygen atoms in total. The summed E-state index contributed by atoms with van der Waals surface area (Å²) in [7, 11) is 0. The van der Waals surface area contributed by atoms with Gasteiger partial charge in [0.25, 0.3) is 0 Å². The summed E-state index contributed by atoms with van der Waals surface area (Å²) in [6, 6.07) is 64.2. The second-order valence-corrected chi connectivity index (χ2v) is 17.6. The number of rotatable bonds is 5. The Morgan fingerprint density at radius 2 is 0.871 bits per heavy atom. The summed E-state index contributed by atoms with van der Waals surface area (Å²) >= 11 is 0. The molecule has 0 N–H and O–H groups in total. The molecule has 0 spiro atoms. The van der Waals surface area contributed by atoms with Crippen molar-refractivity contribution in [3.63, 3.8) is 0 Å². The first-order chi connectivity index (χ1) is 30.1. The molecule has 4 heteroatoms. The maximum absolute atomic E-state index is 9.92. The van der Waals surface area contributed by atoms with Crippen LogP contribution in [0.5, 0.6) is 0 Å². The number of fused-ring (bicyclic) bond motifs is 7. The monoisotopic (exact) mass is 792 g/mol. The van der Waals surface area contributed by atoms with E-state index in [-0.39, 0.29) is 10.8 Å². The van der Waals surface area contributed by atoms with E-state index in [0.717, 1.165) is 61.1 Å². The van der Waals surface area contributed by atoms with Crippen LogP contribution in [0.4, 0.5) is 0 Å². The Balaban J connectivity index is 1.18. The predicted molar refractivity (Wildman–Crippen MR) is 251 cm³/mol. The van der Waals surface area contributed by atoms with Crippen molar-refractivity contribution in [2.45, 2.75) is 38.5 Å². The Morgan fingerprint density at radius 3 is 1.50 bits per heavy atom. The van der Waals surface area contributed by atoms with E-state index in [1.807, 2.05) is 48.5 Å². The zero-order valence-corrected chi connectivity index (χ0v) is 35.0. The van der Waals surface area contributed by atoms with Crippen molar-refractivity contribution in [2.24, 2.45) is 0 Å². The number of aromatic nitrogens is 2. The summed E-state index contributed by atoms with van der Waals surface area (Å²) in [5, 5.41) is 20.5. The summed E-state index contributed by atoms with van der Waals surface area (Å²) in [4.78, 5) is 10.8. The van der Waals surface area contributed by atoms with Crippen LogP contribution >= 0.6 is 0 Å². The van der Waals surface area contributed by atoms with Crippen molar-refractivity contribution in [2.75, 3.05) is 0 Å². The molecule has 0 radical (unpaired) electrons. The van der Waals surface area contributed by atoms with Gasteiger partial charge in [0.15, 0.2) is 5.82 Å². The van der Waals surface area contributed by atoms with Crippen molar-refractivity contribution in [3.8, 4) is 90.4 Å². The van der Waals surface area contributed by atoms with E-state index in [2.05, 4.69) is 161 Å². The molecule has 0 saturated heterocycles. The van der Waals surface area contributed by atoms with Crippen LogP contribution in [0.15, 0.2) is 170 Å². The molecule has 0 amide bonds. The van der Waals surface area contributed by atoms with Crippen molar-refractivity contribution >= 4 is 10.9 Å². The Bertz CT molecular complexity index is 3430. The SMILES string of the molecule is CC1(C)c2ccccc2-c2ccc(-c3cc(-c4ccc5c(c4)C(C)(C)c4ccccc4-5)c4nc(-c5cccc(C#N)c5)nc(-c5ccc(-c6cccc(C#N)c6)cc5)c4c3)cc21. The van der Waals surface area contributed by atoms with Gasteiger partial charge in [0.05, 0.1) is 34.5 Å². The van der Waals surface area contributed by atoms with Gasteiger partial charge in [-0.25, -0.2) is 9.97 Å². The van der Waals surface area contributed by atoms with Gasteiger partial charge in [-0.05, 0) is 121 Å². The molecular formula is C58H40N4. The lowest BCUT2D eigenvalue weighted by atomic mass is 9.81. The molecule has 2 aliphatic rings. The molecule has 11 rings (SSSR count). The number of hydrogen-bond donors (Lipinski definition) is 0. The van der Waals surface area contributed by atoms with Gasteiger partial charge in [-0.15, -0.1) is 0 Å². The van der Waals surface area contributed by atoms with E-state index in [0.29, 0.717) is 17.0 Å². The third-order valence-corrected chi connectivity index (χ3v) is 13.3. The van der Waals surface area contributed by atoms with Gasteiger partial charge in [0, 0.05) is 32.9 Å². The first-order valence-electron chi connectivity index (χ1n) is 21.1. The highest BCUT2D eigenvalue weighted by Gasteiger charge is 2.37. The van der Waals surface area contributed by atoms with Crippen LogP contribution in [0.2, 0.25) is 0 Å². The van der Waals surface area contributed by atoms with Crippen LogP contribution in [0.1, 0.15) is 61.1 Å². The van der Waals surface area contributed by atoms with Crippen LogP contribution in [-0.4, -0.2) is 9.97 Å². The summed E-state index contributed by atoms with van der Waals surface area (Å²) in [6.45, 7) is 9.29. The van der Waals surface area contributed by atoms with Gasteiger partial charge in [-0.1, -0.05) is 149 Å². The molecular weight excluding hydrogens is 753 g/mol. The van der Waals surface area contributed by atoms with Gasteiger partial charge in [-0.3, -0.25) is 0 Å². The molecule has 292 valence electrons. The topological polar surface area (TPSA) is 73.4 Å². The van der Waals surface area contributed by atoms with E-state index >= 15 is 0 Å². The molecule has 2 aliphatic carbocycles. The zero-order valence-electron chi connectivity index (χ0n) is 35.0. The lowest BCUT2D eigenvalue weighted by Gasteiger charge is -2.23. The lowest BCUT2D eigenvalue weighted by Crippen LogP contribution is -2.15. The maximum Gasteiger partial charge on any atom is 0.160 e. The van der Waals surface area contributed by atoms with Crippen molar-refractivity contribution in [1.29, 1.82) is 10.5 Å². The zero-order chi connectivity index (χ0) is 42.3. The normalized spacial score (nSPS) is 13.7. The molecule has 0 unspecified atom stereocenters. The summed E-state index contributed by atoms with van der Waals surface area (Å²) in [5.41, 5.74) is 20.9. The van der Waals surface area contributed by atoms with Crippen LogP contribution < -0.4 is 0 Å². The Hall–Kier alpha value is -7.92. The van der Waals surface area contributed by atoms with Gasteiger partial charge in [0.2, 0.25) is 0 Å². The van der Waals surface area contributed by atoms with Crippen LogP contribution in [0.25, 0.3) is 89.2 Å². The molecule has 0 fully saturated rings. The summed E-state index contributed by atoms with van der Waals surface area (Å²) < 4.78 is 0. The van der Waals surface area contributed by atoms with Gasteiger partial charge < -0.3 is 0 Å². The fraction of sp³-hybridized carbons (Fsp3) is 0.103. The summed E-state index contributed by atoms with van der Waals surface area (Å²) in [6.07, 6.45) is 0. The third kappa shape index (κ3) is 5.72. The van der Waals surface area contributed by atoms with Crippen molar-refractivity contribution in [1.82, 2.24) is 9.97 Å². The van der Waals surface area contributed by atoms with E-state index in [1.54, 1.807) is 0 Å². The van der Waals surface area contributed by atoms with E-state index in [1.165, 1.54) is 44.5 Å². The molecule has 1 heterocycles. The fourth-order valence-electron chi connectivity index (χ4n) is 10.0. The smallest absolute Gasteiger partial charge is 0.160 e. The minimum Gasteiger partial charge on any atom is -0.227 e. The number of hydrogen-bond acceptors (Lipinski definition) is 4. The molecule has 62 heavy (non-hydrogen) atoms. The minimum absolute atomic E-state index is 0.155.